The predicted octanol–water partition coefficient (Wildman–Crippen LogP) is -2.06. The number of hydrogen-bond donors (Lipinski definition) is 1. The topological polar surface area (TPSA) is 111 Å². The van der Waals surface area contributed by atoms with Crippen LogP contribution in [0.15, 0.2) is 21.9 Å². The van der Waals surface area contributed by atoms with E-state index in [2.05, 4.69) is 9.72 Å². The number of aromatic nitrogens is 2. The van der Waals surface area contributed by atoms with Crippen LogP contribution in [-0.4, -0.2) is 59.2 Å². The molecule has 0 saturated carbocycles. The number of aromatic amines is 1. The Morgan fingerprint density at radius 2 is 2.24 bits per heavy atom. The van der Waals surface area contributed by atoms with Crippen LogP contribution in [0.5, 0.6) is 0 Å². The lowest BCUT2D eigenvalue weighted by molar-refractivity contribution is -0.161. The first kappa shape index (κ1) is 15.0. The minimum absolute atomic E-state index is 0.0545. The first-order chi connectivity index (χ1) is 10.0. The number of morpholine rings is 1. The van der Waals surface area contributed by atoms with E-state index < -0.39 is 29.2 Å². The first-order valence-electron chi connectivity index (χ1n) is 6.27. The number of nitrogens with zero attached hydrogens (tertiary/aromatic N) is 2. The fourth-order valence-electron chi connectivity index (χ4n) is 2.04. The second-order valence-corrected chi connectivity index (χ2v) is 4.44. The molecule has 1 aliphatic rings. The van der Waals surface area contributed by atoms with Crippen molar-refractivity contribution in [3.8, 4) is 0 Å². The van der Waals surface area contributed by atoms with E-state index in [-0.39, 0.29) is 19.7 Å². The molecule has 2 heterocycles. The van der Waals surface area contributed by atoms with E-state index in [1.165, 1.54) is 18.2 Å². The molecule has 9 heteroatoms. The van der Waals surface area contributed by atoms with Gasteiger partial charge in [-0.1, -0.05) is 0 Å². The molecule has 114 valence electrons. The molecule has 0 spiro atoms. The molecule has 0 aliphatic carbocycles. The van der Waals surface area contributed by atoms with Crippen molar-refractivity contribution in [3.63, 3.8) is 0 Å². The van der Waals surface area contributed by atoms with Gasteiger partial charge in [-0.2, -0.15) is 0 Å². The van der Waals surface area contributed by atoms with E-state index in [1.807, 2.05) is 0 Å². The normalized spacial score (nSPS) is 18.3. The highest BCUT2D eigenvalue weighted by atomic mass is 16.5. The summed E-state index contributed by atoms with van der Waals surface area (Å²) in [6.45, 7) is 0.318. The van der Waals surface area contributed by atoms with Gasteiger partial charge in [0, 0.05) is 18.8 Å². The Bertz CT molecular complexity index is 649. The van der Waals surface area contributed by atoms with Crippen LogP contribution in [0.1, 0.15) is 0 Å². The third-order valence-corrected chi connectivity index (χ3v) is 3.12. The lowest BCUT2D eigenvalue weighted by atomic mass is 10.2. The van der Waals surface area contributed by atoms with Crippen molar-refractivity contribution in [2.24, 2.45) is 0 Å². The van der Waals surface area contributed by atoms with Gasteiger partial charge in [-0.3, -0.25) is 19.1 Å². The molecular formula is C12H15N3O6. The molecule has 1 aliphatic heterocycles. The zero-order valence-corrected chi connectivity index (χ0v) is 11.4. The van der Waals surface area contributed by atoms with E-state index in [4.69, 9.17) is 4.74 Å². The predicted molar refractivity (Wildman–Crippen MR) is 69.7 cm³/mol. The van der Waals surface area contributed by atoms with Gasteiger partial charge in [-0.15, -0.1) is 0 Å². The summed E-state index contributed by atoms with van der Waals surface area (Å²) >= 11 is 0. The number of carbonyl (C=O) groups excluding carboxylic acids is 2. The van der Waals surface area contributed by atoms with Crippen molar-refractivity contribution >= 4 is 11.9 Å². The smallest absolute Gasteiger partial charge is 0.331 e. The fourth-order valence-corrected chi connectivity index (χ4v) is 2.04. The number of rotatable bonds is 3. The summed E-state index contributed by atoms with van der Waals surface area (Å²) in [7, 11) is 1.23. The molecule has 1 N–H and O–H groups in total. The van der Waals surface area contributed by atoms with Gasteiger partial charge in [0.1, 0.15) is 6.54 Å². The standard InChI is InChI=1S/C12H15N3O6/c1-20-11(18)8-7-21-5-4-15(8)10(17)6-14-3-2-9(16)13-12(14)19/h2-3,8H,4-7H2,1H3,(H,13,16,19). The van der Waals surface area contributed by atoms with Gasteiger partial charge in [0.2, 0.25) is 5.91 Å². The maximum absolute atomic E-state index is 12.2. The molecule has 1 unspecified atom stereocenters. The van der Waals surface area contributed by atoms with Crippen molar-refractivity contribution in [1.82, 2.24) is 14.5 Å². The van der Waals surface area contributed by atoms with Gasteiger partial charge in [0.15, 0.2) is 6.04 Å². The molecule has 1 amide bonds. The summed E-state index contributed by atoms with van der Waals surface area (Å²) in [5.41, 5.74) is -1.22. The number of hydrogen-bond acceptors (Lipinski definition) is 6. The largest absolute Gasteiger partial charge is 0.467 e. The highest BCUT2D eigenvalue weighted by Crippen LogP contribution is 2.09. The van der Waals surface area contributed by atoms with Gasteiger partial charge in [0.25, 0.3) is 5.56 Å². The number of amides is 1. The van der Waals surface area contributed by atoms with Crippen LogP contribution in [0.2, 0.25) is 0 Å². The monoisotopic (exact) mass is 297 g/mol. The van der Waals surface area contributed by atoms with Crippen LogP contribution in [0.3, 0.4) is 0 Å². The maximum Gasteiger partial charge on any atom is 0.331 e. The summed E-state index contributed by atoms with van der Waals surface area (Å²) in [4.78, 5) is 49.8. The Labute approximate surface area is 119 Å². The Hall–Kier alpha value is -2.42. The third-order valence-electron chi connectivity index (χ3n) is 3.12. The molecule has 0 bridgehead atoms. The zero-order chi connectivity index (χ0) is 15.4. The van der Waals surface area contributed by atoms with Crippen molar-refractivity contribution in [2.75, 3.05) is 26.9 Å². The number of esters is 1. The summed E-state index contributed by atoms with van der Waals surface area (Å²) in [5.74, 6) is -1.00. The molecule has 2 rings (SSSR count). The minimum Gasteiger partial charge on any atom is -0.467 e. The Morgan fingerprint density at radius 1 is 1.48 bits per heavy atom. The molecule has 1 saturated heterocycles. The van der Waals surface area contributed by atoms with E-state index >= 15 is 0 Å². The van der Waals surface area contributed by atoms with Gasteiger partial charge >= 0.3 is 11.7 Å². The molecule has 0 radical (unpaired) electrons. The lowest BCUT2D eigenvalue weighted by Crippen LogP contribution is -2.54. The molecule has 9 nitrogen and oxygen atoms in total. The van der Waals surface area contributed by atoms with Crippen LogP contribution in [-0.2, 0) is 25.6 Å². The number of nitrogens with one attached hydrogen (secondary N) is 1. The average molecular weight is 297 g/mol. The Kier molecular flexibility index (Phi) is 4.53. The lowest BCUT2D eigenvalue weighted by Gasteiger charge is -2.33. The van der Waals surface area contributed by atoms with E-state index in [0.29, 0.717) is 6.61 Å². The van der Waals surface area contributed by atoms with Crippen LogP contribution < -0.4 is 11.2 Å². The van der Waals surface area contributed by atoms with Crippen LogP contribution >= 0.6 is 0 Å². The third kappa shape index (κ3) is 3.37. The Balaban J connectivity index is 2.15. The summed E-state index contributed by atoms with van der Waals surface area (Å²) in [5, 5.41) is 0. The molecular weight excluding hydrogens is 282 g/mol. The van der Waals surface area contributed by atoms with Gasteiger partial charge in [0.05, 0.1) is 20.3 Å². The first-order valence-corrected chi connectivity index (χ1v) is 6.27. The Morgan fingerprint density at radius 3 is 2.90 bits per heavy atom. The number of methoxy groups -OCH3 is 1. The number of H-pyrrole nitrogens is 1. The van der Waals surface area contributed by atoms with Gasteiger partial charge in [-0.05, 0) is 0 Å². The van der Waals surface area contributed by atoms with Gasteiger partial charge < -0.3 is 14.4 Å². The number of ether oxygens (including phenoxy) is 2. The van der Waals surface area contributed by atoms with Crippen molar-refractivity contribution in [3.05, 3.63) is 33.1 Å². The SMILES string of the molecule is COC(=O)C1COCCN1C(=O)Cn1ccc(=O)[nH]c1=O. The van der Waals surface area contributed by atoms with E-state index in [1.54, 1.807) is 0 Å². The van der Waals surface area contributed by atoms with Crippen LogP contribution in [0.25, 0.3) is 0 Å². The van der Waals surface area contributed by atoms with Crippen molar-refractivity contribution < 1.29 is 19.1 Å². The molecule has 0 aromatic carbocycles. The van der Waals surface area contributed by atoms with Crippen molar-refractivity contribution in [1.29, 1.82) is 0 Å². The zero-order valence-electron chi connectivity index (χ0n) is 11.4. The summed E-state index contributed by atoms with van der Waals surface area (Å²) in [6, 6.07) is 0.320. The second kappa shape index (κ2) is 6.35. The van der Waals surface area contributed by atoms with Crippen molar-refractivity contribution in [2.45, 2.75) is 12.6 Å². The minimum atomic E-state index is -0.824. The highest BCUT2D eigenvalue weighted by Gasteiger charge is 2.33. The quantitative estimate of drug-likeness (QED) is 0.642. The summed E-state index contributed by atoms with van der Waals surface area (Å²) in [6.07, 6.45) is 1.23. The second-order valence-electron chi connectivity index (χ2n) is 4.44. The highest BCUT2D eigenvalue weighted by molar-refractivity contribution is 5.84. The van der Waals surface area contributed by atoms with Crippen LogP contribution in [0, 0.1) is 0 Å². The fraction of sp³-hybridized carbons (Fsp3) is 0.500. The molecule has 1 aromatic rings. The molecule has 21 heavy (non-hydrogen) atoms. The molecule has 1 fully saturated rings. The summed E-state index contributed by atoms with van der Waals surface area (Å²) < 4.78 is 10.9. The average Bonchev–Trinajstić information content (AvgIpc) is 2.49. The van der Waals surface area contributed by atoms with Crippen LogP contribution in [0.4, 0.5) is 0 Å². The maximum atomic E-state index is 12.2. The molecule has 1 aromatic heterocycles. The number of carbonyl (C=O) groups is 2. The van der Waals surface area contributed by atoms with E-state index in [9.17, 15) is 19.2 Å². The van der Waals surface area contributed by atoms with E-state index in [0.717, 1.165) is 10.6 Å². The molecule has 1 atom stereocenters. The van der Waals surface area contributed by atoms with Gasteiger partial charge in [-0.25, -0.2) is 9.59 Å².